The van der Waals surface area contributed by atoms with Crippen LogP contribution in [0.25, 0.3) is 0 Å². The van der Waals surface area contributed by atoms with E-state index in [0.29, 0.717) is 17.3 Å². The third-order valence-electron chi connectivity index (χ3n) is 2.76. The van der Waals surface area contributed by atoms with Crippen molar-refractivity contribution in [1.29, 1.82) is 0 Å². The van der Waals surface area contributed by atoms with Gasteiger partial charge in [-0.15, -0.1) is 0 Å². The number of hydrogen-bond donors (Lipinski definition) is 2. The maximum absolute atomic E-state index is 13.5. The molecular weight excluding hydrogens is 245 g/mol. The summed E-state index contributed by atoms with van der Waals surface area (Å²) < 4.78 is 19.0. The van der Waals surface area contributed by atoms with Crippen molar-refractivity contribution in [2.24, 2.45) is 4.99 Å². The molecule has 0 aromatic heterocycles. The number of fused-ring (bicyclic) bond motifs is 1. The molecule has 3 rings (SSSR count). The van der Waals surface area contributed by atoms with E-state index >= 15 is 0 Å². The third kappa shape index (κ3) is 2.35. The molecule has 1 aliphatic heterocycles. The van der Waals surface area contributed by atoms with Crippen LogP contribution in [0.4, 0.5) is 21.5 Å². The van der Waals surface area contributed by atoms with Gasteiger partial charge in [-0.3, -0.25) is 0 Å². The van der Waals surface area contributed by atoms with Gasteiger partial charge in [0, 0.05) is 11.8 Å². The normalized spacial score (nSPS) is 15.5. The number of anilines is 2. The van der Waals surface area contributed by atoms with Gasteiger partial charge in [-0.1, -0.05) is 12.1 Å². The minimum atomic E-state index is -0.361. The van der Waals surface area contributed by atoms with E-state index in [2.05, 4.69) is 10.3 Å². The van der Waals surface area contributed by atoms with Crippen LogP contribution >= 0.6 is 0 Å². The molecule has 0 saturated heterocycles. The maximum atomic E-state index is 13.5. The Morgan fingerprint density at radius 2 is 2.05 bits per heavy atom. The molecule has 0 spiro atoms. The van der Waals surface area contributed by atoms with Gasteiger partial charge in [-0.25, -0.2) is 9.38 Å². The summed E-state index contributed by atoms with van der Waals surface area (Å²) in [5, 5.41) is 3.10. The molecule has 2 aromatic carbocycles. The highest BCUT2D eigenvalue weighted by atomic mass is 19.1. The van der Waals surface area contributed by atoms with Gasteiger partial charge in [0.1, 0.15) is 29.7 Å². The van der Waals surface area contributed by atoms with E-state index < -0.39 is 0 Å². The summed E-state index contributed by atoms with van der Waals surface area (Å²) in [6, 6.07) is 11.7. The van der Waals surface area contributed by atoms with Gasteiger partial charge < -0.3 is 15.8 Å². The lowest BCUT2D eigenvalue weighted by atomic mass is 10.2. The second kappa shape index (κ2) is 4.61. The summed E-state index contributed by atoms with van der Waals surface area (Å²) in [5.74, 6) is 0.870. The third-order valence-corrected chi connectivity index (χ3v) is 2.76. The summed E-state index contributed by atoms with van der Waals surface area (Å²) in [6.07, 6.45) is 0. The van der Waals surface area contributed by atoms with Crippen LogP contribution < -0.4 is 15.8 Å². The molecule has 4 nitrogen and oxygen atoms in total. The van der Waals surface area contributed by atoms with E-state index in [0.717, 1.165) is 5.69 Å². The minimum absolute atomic E-state index is 0.255. The largest absolute Gasteiger partial charge is 0.483 e. The number of amidine groups is 1. The number of nitrogens with one attached hydrogen (secondary N) is 1. The van der Waals surface area contributed by atoms with Crippen LogP contribution in [0.2, 0.25) is 0 Å². The van der Waals surface area contributed by atoms with Crippen molar-refractivity contribution in [1.82, 2.24) is 0 Å². The lowest BCUT2D eigenvalue weighted by Gasteiger charge is -2.21. The van der Waals surface area contributed by atoms with E-state index in [1.165, 1.54) is 6.07 Å². The molecule has 0 fully saturated rings. The quantitative estimate of drug-likeness (QED) is 0.772. The molecule has 0 amide bonds. The number of hydrogen-bond acceptors (Lipinski definition) is 3. The number of halogens is 1. The van der Waals surface area contributed by atoms with Gasteiger partial charge in [-0.05, 0) is 24.3 Å². The molecule has 1 aliphatic rings. The Hall–Kier alpha value is -2.56. The van der Waals surface area contributed by atoms with Gasteiger partial charge in [0.05, 0.1) is 5.69 Å². The van der Waals surface area contributed by atoms with Gasteiger partial charge in [-0.2, -0.15) is 0 Å². The number of aliphatic imine (C=N–C) groups is 1. The average molecular weight is 257 g/mol. The predicted molar refractivity (Wildman–Crippen MR) is 73.5 cm³/mol. The number of nitrogens with zero attached hydrogens (tertiary/aromatic N) is 1. The standard InChI is InChI=1S/C14H12FN3O/c15-10-3-1-2-4-11(10)17-14-8-19-13-7-9(16)5-6-12(13)18-14/h1-7H,8,16H2,(H,17,18). The molecule has 96 valence electrons. The number of para-hydroxylation sites is 1. The fraction of sp³-hybridized carbons (Fsp3) is 0.0714. The van der Waals surface area contributed by atoms with Crippen LogP contribution in [-0.4, -0.2) is 12.4 Å². The first-order valence-corrected chi connectivity index (χ1v) is 5.84. The molecule has 1 heterocycles. The zero-order chi connectivity index (χ0) is 13.2. The summed E-state index contributed by atoms with van der Waals surface area (Å²) in [4.78, 5) is 4.21. The first-order valence-electron chi connectivity index (χ1n) is 5.84. The molecule has 0 bridgehead atoms. The second-order valence-electron chi connectivity index (χ2n) is 4.18. The summed E-state index contributed by atoms with van der Waals surface area (Å²) in [6.45, 7) is 0.255. The molecule has 0 aliphatic carbocycles. The highest BCUT2D eigenvalue weighted by molar-refractivity contribution is 6.01. The van der Waals surface area contributed by atoms with Crippen LogP contribution in [-0.2, 0) is 0 Å². The van der Waals surface area contributed by atoms with Gasteiger partial charge in [0.25, 0.3) is 0 Å². The summed E-state index contributed by atoms with van der Waals surface area (Å²) in [5.41, 5.74) is 7.36. The van der Waals surface area contributed by atoms with Gasteiger partial charge >= 0.3 is 0 Å². The number of nitrogens with two attached hydrogens (primary N) is 1. The first kappa shape index (κ1) is 11.5. The average Bonchev–Trinajstić information content (AvgIpc) is 2.41. The first-order chi connectivity index (χ1) is 9.22. The Kier molecular flexibility index (Phi) is 2.79. The van der Waals surface area contributed by atoms with E-state index in [1.807, 2.05) is 0 Å². The van der Waals surface area contributed by atoms with Crippen molar-refractivity contribution in [2.75, 3.05) is 17.7 Å². The van der Waals surface area contributed by atoms with Crippen LogP contribution in [0.3, 0.4) is 0 Å². The fourth-order valence-corrected chi connectivity index (χ4v) is 1.85. The van der Waals surface area contributed by atoms with Crippen LogP contribution in [0, 0.1) is 5.82 Å². The van der Waals surface area contributed by atoms with E-state index in [1.54, 1.807) is 36.4 Å². The zero-order valence-corrected chi connectivity index (χ0v) is 10.1. The fourth-order valence-electron chi connectivity index (χ4n) is 1.85. The van der Waals surface area contributed by atoms with E-state index in [-0.39, 0.29) is 18.1 Å². The number of ether oxygens (including phenoxy) is 1. The van der Waals surface area contributed by atoms with Crippen molar-refractivity contribution in [2.45, 2.75) is 0 Å². The highest BCUT2D eigenvalue weighted by Gasteiger charge is 2.15. The van der Waals surface area contributed by atoms with Crippen LogP contribution in [0.15, 0.2) is 47.5 Å². The smallest absolute Gasteiger partial charge is 0.148 e. The maximum Gasteiger partial charge on any atom is 0.148 e. The van der Waals surface area contributed by atoms with Crippen molar-refractivity contribution in [3.8, 4) is 5.75 Å². The van der Waals surface area contributed by atoms with Gasteiger partial charge in [0.15, 0.2) is 0 Å². The summed E-state index contributed by atoms with van der Waals surface area (Å²) in [7, 11) is 0. The predicted octanol–water partition coefficient (Wildman–Crippen LogP) is 2.94. The molecule has 0 atom stereocenters. The minimum Gasteiger partial charge on any atom is -0.483 e. The Bertz CT molecular complexity index is 655. The lowest BCUT2D eigenvalue weighted by Crippen LogP contribution is -2.25. The Balaban J connectivity index is 1.90. The highest BCUT2D eigenvalue weighted by Crippen LogP contribution is 2.30. The molecule has 0 unspecified atom stereocenters. The number of benzene rings is 2. The molecular formula is C14H12FN3O. The molecule has 19 heavy (non-hydrogen) atoms. The zero-order valence-electron chi connectivity index (χ0n) is 10.1. The summed E-state index contributed by atoms with van der Waals surface area (Å²) >= 11 is 0. The van der Waals surface area contributed by atoms with Crippen molar-refractivity contribution in [3.63, 3.8) is 0 Å². The molecule has 0 radical (unpaired) electrons. The monoisotopic (exact) mass is 257 g/mol. The Morgan fingerprint density at radius 3 is 2.89 bits per heavy atom. The lowest BCUT2D eigenvalue weighted by molar-refractivity contribution is 0.372. The Labute approximate surface area is 109 Å². The van der Waals surface area contributed by atoms with Crippen molar-refractivity contribution < 1.29 is 9.13 Å². The topological polar surface area (TPSA) is 59.6 Å². The van der Waals surface area contributed by atoms with Crippen LogP contribution in [0.1, 0.15) is 0 Å². The second-order valence-corrected chi connectivity index (χ2v) is 4.18. The number of nitrogen functional groups attached to an aromatic ring is 1. The molecule has 3 N–H and O–H groups in total. The molecule has 0 saturated carbocycles. The van der Waals surface area contributed by atoms with E-state index in [4.69, 9.17) is 10.5 Å². The number of rotatable bonds is 1. The van der Waals surface area contributed by atoms with Gasteiger partial charge in [0.2, 0.25) is 0 Å². The Morgan fingerprint density at radius 1 is 1.21 bits per heavy atom. The SMILES string of the molecule is Nc1ccc2c(c1)OCC(=Nc1ccccc1F)N2. The molecule has 5 heteroatoms. The molecule has 2 aromatic rings. The van der Waals surface area contributed by atoms with Crippen LogP contribution in [0.5, 0.6) is 5.75 Å². The van der Waals surface area contributed by atoms with Crippen molar-refractivity contribution >= 4 is 22.9 Å². The van der Waals surface area contributed by atoms with Crippen molar-refractivity contribution in [3.05, 3.63) is 48.3 Å². The van der Waals surface area contributed by atoms with E-state index in [9.17, 15) is 4.39 Å².